The van der Waals surface area contributed by atoms with Crippen molar-refractivity contribution in [2.75, 3.05) is 26.2 Å². The molecule has 3 rings (SSSR count). The zero-order valence-electron chi connectivity index (χ0n) is 13.9. The predicted octanol–water partition coefficient (Wildman–Crippen LogP) is 4.14. The Morgan fingerprint density at radius 1 is 1.04 bits per heavy atom. The lowest BCUT2D eigenvalue weighted by Crippen LogP contribution is -2.49. The third-order valence-electron chi connectivity index (χ3n) is 4.69. The van der Waals surface area contributed by atoms with Crippen molar-refractivity contribution in [3.8, 4) is 0 Å². The van der Waals surface area contributed by atoms with Crippen LogP contribution in [0.15, 0.2) is 42.5 Å². The fourth-order valence-corrected chi connectivity index (χ4v) is 3.46. The summed E-state index contributed by atoms with van der Waals surface area (Å²) in [4.78, 5) is 16.2. The van der Waals surface area contributed by atoms with Gasteiger partial charge in [0.1, 0.15) is 0 Å². The van der Waals surface area contributed by atoms with E-state index in [0.717, 1.165) is 16.7 Å². The molecular formula is C19H19ClF2N2O. The zero-order valence-corrected chi connectivity index (χ0v) is 14.6. The summed E-state index contributed by atoms with van der Waals surface area (Å²) in [6.45, 7) is 4.29. The highest BCUT2D eigenvalue weighted by molar-refractivity contribution is 6.31. The maximum absolute atomic E-state index is 13.8. The average Bonchev–Trinajstić information content (AvgIpc) is 2.63. The van der Waals surface area contributed by atoms with Gasteiger partial charge in [0.15, 0.2) is 11.6 Å². The fourth-order valence-electron chi connectivity index (χ4n) is 3.16. The molecule has 0 aromatic heterocycles. The molecule has 0 saturated carbocycles. The zero-order chi connectivity index (χ0) is 18.0. The Labute approximate surface area is 150 Å². The van der Waals surface area contributed by atoms with E-state index < -0.39 is 17.5 Å². The number of carbonyl (C=O) groups is 1. The normalized spacial score (nSPS) is 16.7. The van der Waals surface area contributed by atoms with Crippen LogP contribution in [-0.2, 0) is 0 Å². The van der Waals surface area contributed by atoms with Gasteiger partial charge >= 0.3 is 0 Å². The molecule has 0 spiro atoms. The van der Waals surface area contributed by atoms with Crippen LogP contribution in [0.5, 0.6) is 0 Å². The van der Waals surface area contributed by atoms with Gasteiger partial charge in [0, 0.05) is 37.2 Å². The van der Waals surface area contributed by atoms with Crippen molar-refractivity contribution in [1.82, 2.24) is 9.80 Å². The molecule has 3 nitrogen and oxygen atoms in total. The van der Waals surface area contributed by atoms with Crippen LogP contribution in [0, 0.1) is 11.6 Å². The van der Waals surface area contributed by atoms with Crippen LogP contribution in [0.4, 0.5) is 8.78 Å². The van der Waals surface area contributed by atoms with Crippen LogP contribution in [0.2, 0.25) is 5.02 Å². The van der Waals surface area contributed by atoms with Crippen molar-refractivity contribution in [2.24, 2.45) is 0 Å². The molecule has 1 fully saturated rings. The Balaban J connectivity index is 1.67. The highest BCUT2D eigenvalue weighted by atomic mass is 35.5. The summed E-state index contributed by atoms with van der Waals surface area (Å²) in [6.07, 6.45) is 0. The quantitative estimate of drug-likeness (QED) is 0.817. The summed E-state index contributed by atoms with van der Waals surface area (Å²) in [7, 11) is 0. The lowest BCUT2D eigenvalue weighted by Gasteiger charge is -2.38. The molecule has 0 bridgehead atoms. The Kier molecular flexibility index (Phi) is 5.35. The highest BCUT2D eigenvalue weighted by Gasteiger charge is 2.27. The van der Waals surface area contributed by atoms with Crippen molar-refractivity contribution >= 4 is 17.5 Å². The number of piperazine rings is 1. The number of hydrogen-bond acceptors (Lipinski definition) is 2. The van der Waals surface area contributed by atoms with Gasteiger partial charge in [-0.2, -0.15) is 0 Å². The van der Waals surface area contributed by atoms with E-state index >= 15 is 0 Å². The Morgan fingerprint density at radius 3 is 2.40 bits per heavy atom. The second-order valence-corrected chi connectivity index (χ2v) is 6.53. The molecule has 1 amide bonds. The van der Waals surface area contributed by atoms with E-state index in [4.69, 9.17) is 11.6 Å². The second-order valence-electron chi connectivity index (χ2n) is 6.13. The lowest BCUT2D eigenvalue weighted by atomic mass is 10.1. The molecule has 1 saturated heterocycles. The van der Waals surface area contributed by atoms with Gasteiger partial charge in [0.05, 0.1) is 5.56 Å². The molecule has 1 aliphatic heterocycles. The molecule has 1 atom stereocenters. The van der Waals surface area contributed by atoms with Crippen LogP contribution in [0.3, 0.4) is 0 Å². The molecule has 2 aromatic carbocycles. The number of nitrogens with zero attached hydrogens (tertiary/aromatic N) is 2. The first-order valence-electron chi connectivity index (χ1n) is 8.21. The molecule has 25 heavy (non-hydrogen) atoms. The fraction of sp³-hybridized carbons (Fsp3) is 0.316. The minimum absolute atomic E-state index is 0.122. The van der Waals surface area contributed by atoms with Crippen molar-refractivity contribution in [3.05, 3.63) is 70.2 Å². The molecule has 1 heterocycles. The minimum atomic E-state index is -1.08. The summed E-state index contributed by atoms with van der Waals surface area (Å²) in [5.74, 6) is -2.56. The van der Waals surface area contributed by atoms with Crippen molar-refractivity contribution < 1.29 is 13.6 Å². The van der Waals surface area contributed by atoms with Crippen LogP contribution in [-0.4, -0.2) is 41.9 Å². The first-order chi connectivity index (χ1) is 12.0. The van der Waals surface area contributed by atoms with E-state index in [-0.39, 0.29) is 11.6 Å². The van der Waals surface area contributed by atoms with Gasteiger partial charge in [-0.3, -0.25) is 9.69 Å². The maximum atomic E-state index is 13.8. The number of halogens is 3. The molecular weight excluding hydrogens is 346 g/mol. The molecule has 1 aliphatic rings. The maximum Gasteiger partial charge on any atom is 0.257 e. The van der Waals surface area contributed by atoms with Crippen LogP contribution in [0.1, 0.15) is 28.9 Å². The topological polar surface area (TPSA) is 23.6 Å². The lowest BCUT2D eigenvalue weighted by molar-refractivity contribution is 0.0577. The minimum Gasteiger partial charge on any atom is -0.336 e. The van der Waals surface area contributed by atoms with E-state index in [1.807, 2.05) is 24.3 Å². The van der Waals surface area contributed by atoms with E-state index in [1.165, 1.54) is 12.1 Å². The number of carbonyl (C=O) groups excluding carboxylic acids is 1. The second kappa shape index (κ2) is 7.50. The third-order valence-corrected chi connectivity index (χ3v) is 5.03. The van der Waals surface area contributed by atoms with Gasteiger partial charge in [-0.05, 0) is 30.7 Å². The predicted molar refractivity (Wildman–Crippen MR) is 93.7 cm³/mol. The highest BCUT2D eigenvalue weighted by Crippen LogP contribution is 2.28. The van der Waals surface area contributed by atoms with Gasteiger partial charge in [0.2, 0.25) is 0 Å². The smallest absolute Gasteiger partial charge is 0.257 e. The van der Waals surface area contributed by atoms with Gasteiger partial charge in [0.25, 0.3) is 5.91 Å². The molecule has 2 aromatic rings. The van der Waals surface area contributed by atoms with Crippen LogP contribution < -0.4 is 0 Å². The summed E-state index contributed by atoms with van der Waals surface area (Å²) in [5, 5.41) is 0.718. The van der Waals surface area contributed by atoms with Crippen molar-refractivity contribution in [3.63, 3.8) is 0 Å². The number of amides is 1. The third kappa shape index (κ3) is 3.67. The summed E-state index contributed by atoms with van der Waals surface area (Å²) in [6, 6.07) is 11.5. The Hall–Kier alpha value is -1.98. The standard InChI is InChI=1S/C19H19ClF2N2O/c1-13(14-5-2-3-7-16(14)20)23-9-11-24(12-10-23)19(25)15-6-4-8-17(21)18(15)22/h2-8,13H,9-12H2,1H3. The van der Waals surface area contributed by atoms with E-state index in [2.05, 4.69) is 11.8 Å². The van der Waals surface area contributed by atoms with Gasteiger partial charge in [-0.15, -0.1) is 0 Å². The molecule has 0 radical (unpaired) electrons. The van der Waals surface area contributed by atoms with Crippen LogP contribution in [0.25, 0.3) is 0 Å². The van der Waals surface area contributed by atoms with Gasteiger partial charge < -0.3 is 4.90 Å². The first-order valence-corrected chi connectivity index (χ1v) is 8.58. The summed E-state index contributed by atoms with van der Waals surface area (Å²) in [5.41, 5.74) is 0.827. The Bertz CT molecular complexity index is 776. The molecule has 0 aliphatic carbocycles. The monoisotopic (exact) mass is 364 g/mol. The Morgan fingerprint density at radius 2 is 1.72 bits per heavy atom. The van der Waals surface area contributed by atoms with E-state index in [1.54, 1.807) is 4.90 Å². The van der Waals surface area contributed by atoms with E-state index in [0.29, 0.717) is 26.2 Å². The number of benzene rings is 2. The molecule has 1 unspecified atom stereocenters. The molecule has 6 heteroatoms. The van der Waals surface area contributed by atoms with Gasteiger partial charge in [-0.1, -0.05) is 35.9 Å². The summed E-state index contributed by atoms with van der Waals surface area (Å²) < 4.78 is 27.2. The average molecular weight is 365 g/mol. The summed E-state index contributed by atoms with van der Waals surface area (Å²) >= 11 is 6.26. The molecule has 132 valence electrons. The largest absolute Gasteiger partial charge is 0.336 e. The van der Waals surface area contributed by atoms with Crippen molar-refractivity contribution in [1.29, 1.82) is 0 Å². The van der Waals surface area contributed by atoms with Gasteiger partial charge in [-0.25, -0.2) is 8.78 Å². The number of rotatable bonds is 3. The van der Waals surface area contributed by atoms with Crippen molar-refractivity contribution in [2.45, 2.75) is 13.0 Å². The SMILES string of the molecule is CC(c1ccccc1Cl)N1CCN(C(=O)c2cccc(F)c2F)CC1. The first kappa shape index (κ1) is 17.8. The number of hydrogen-bond donors (Lipinski definition) is 0. The molecule has 0 N–H and O–H groups in total. The van der Waals surface area contributed by atoms with Crippen LogP contribution >= 0.6 is 11.6 Å². The van der Waals surface area contributed by atoms with E-state index in [9.17, 15) is 13.6 Å².